The van der Waals surface area contributed by atoms with Crippen molar-refractivity contribution < 1.29 is 52.5 Å². The molecule has 0 aliphatic heterocycles. The van der Waals surface area contributed by atoms with E-state index in [2.05, 4.69) is 75.6 Å². The van der Waals surface area contributed by atoms with E-state index in [1.54, 1.807) is 0 Å². The maximum Gasteiger partial charge on any atom is 0.306 e. The Hall–Kier alpha value is -2.30. The Kier molecular flexibility index (Phi) is 36.4. The number of carbonyl (C=O) groups is 2. The summed E-state index contributed by atoms with van der Waals surface area (Å²) in [5, 5.41) is 0. The monoisotopic (exact) mass is 824 g/mol. The fourth-order valence-electron chi connectivity index (χ4n) is 7.09. The Morgan fingerprint density at radius 3 is 1.12 bits per heavy atom. The molecule has 330 valence electrons. The second kappa shape index (κ2) is 37.9. The molecule has 9 nitrogen and oxygen atoms in total. The lowest BCUT2D eigenvalue weighted by molar-refractivity contribution is -2.00. The number of rotatable bonds is 35. The maximum absolute atomic E-state index is 12.7. The molecule has 1 heterocycles. The van der Waals surface area contributed by atoms with E-state index in [-0.39, 0.29) is 31.2 Å². The van der Waals surface area contributed by atoms with Crippen LogP contribution < -0.4 is 23.2 Å². The van der Waals surface area contributed by atoms with Crippen LogP contribution in [0.5, 0.6) is 0 Å². The van der Waals surface area contributed by atoms with Crippen LogP contribution >= 0.6 is 0 Å². The molecule has 0 fully saturated rings. The largest absolute Gasteiger partial charge is 0.458 e. The van der Waals surface area contributed by atoms with Gasteiger partial charge >= 0.3 is 11.9 Å². The van der Waals surface area contributed by atoms with Crippen LogP contribution in [-0.2, 0) is 19.1 Å². The zero-order valence-electron chi connectivity index (χ0n) is 36.8. The van der Waals surface area contributed by atoms with Crippen molar-refractivity contribution in [1.82, 2.24) is 0 Å². The first-order valence-corrected chi connectivity index (χ1v) is 23.8. The third-order valence-corrected chi connectivity index (χ3v) is 10.2. The molecule has 0 bridgehead atoms. The molecule has 1 aromatic heterocycles. The molecule has 1 rings (SSSR count). The highest BCUT2D eigenvalue weighted by atomic mass is 35.7. The molecule has 0 amide bonds. The SMILES string of the molecule is CCCCCCCC/C=C\CCCCCCCC(=O)OCC(COC(=O)CCCCCCC/C=C\CCCCCCCC)[n+]1c(C)cc(C)cc1C.[O-][Cl+3]([O-])([O-])[O-]. The number of esters is 2. The fourth-order valence-corrected chi connectivity index (χ4v) is 7.09. The Balaban J connectivity index is 0.00000587. The van der Waals surface area contributed by atoms with Gasteiger partial charge in [0.15, 0.2) is 24.6 Å². The van der Waals surface area contributed by atoms with E-state index in [0.717, 1.165) is 62.8 Å². The predicted molar refractivity (Wildman–Crippen MR) is 221 cm³/mol. The second-order valence-electron chi connectivity index (χ2n) is 15.8. The topological polar surface area (TPSA) is 149 Å². The number of pyridine rings is 1. The standard InChI is InChI=1S/C47H82NO4.ClHO4/c1-6-8-10-12-14-16-18-20-22-24-26-28-30-32-34-36-46(49)51-40-45(48-43(4)38-42(3)39-44(48)5)41-52-47(50)37-35-33-31-29-27-25-23-21-19-17-15-13-11-9-7-2;2-1(3,4)5/h20-23,38-39,45H,6-19,24-37,40-41H2,1-5H3;(H,2,3,4,5)/q+1;/p-1/b22-20-,23-21-;. The first kappa shape index (κ1) is 54.7. The quantitative estimate of drug-likeness (QED) is 0.0285. The Morgan fingerprint density at radius 2 is 0.807 bits per heavy atom. The minimum absolute atomic E-state index is 0.162. The highest BCUT2D eigenvalue weighted by Crippen LogP contribution is 2.14. The van der Waals surface area contributed by atoms with Crippen LogP contribution in [0.15, 0.2) is 36.4 Å². The van der Waals surface area contributed by atoms with Gasteiger partial charge in [0.2, 0.25) is 6.04 Å². The van der Waals surface area contributed by atoms with Crippen molar-refractivity contribution in [2.45, 2.75) is 220 Å². The van der Waals surface area contributed by atoms with Gasteiger partial charge in [-0.3, -0.25) is 9.59 Å². The van der Waals surface area contributed by atoms with Crippen LogP contribution in [0.3, 0.4) is 0 Å². The molecule has 0 aliphatic rings. The van der Waals surface area contributed by atoms with Gasteiger partial charge in [-0.05, 0) is 76.7 Å². The summed E-state index contributed by atoms with van der Waals surface area (Å²) in [5.41, 5.74) is 3.33. The van der Waals surface area contributed by atoms with E-state index in [4.69, 9.17) is 28.1 Å². The van der Waals surface area contributed by atoms with Gasteiger partial charge in [0.1, 0.15) is 0 Å². The molecule has 0 N–H and O–H groups in total. The van der Waals surface area contributed by atoms with Crippen LogP contribution in [0.25, 0.3) is 0 Å². The van der Waals surface area contributed by atoms with Crippen molar-refractivity contribution in [3.8, 4) is 0 Å². The molecule has 0 spiro atoms. The Labute approximate surface area is 350 Å². The van der Waals surface area contributed by atoms with E-state index < -0.39 is 10.2 Å². The smallest absolute Gasteiger partial charge is 0.306 e. The molecule has 57 heavy (non-hydrogen) atoms. The van der Waals surface area contributed by atoms with Crippen molar-refractivity contribution >= 4 is 11.9 Å². The molecule has 0 aliphatic carbocycles. The third kappa shape index (κ3) is 37.7. The summed E-state index contributed by atoms with van der Waals surface area (Å²) < 4.78 is 47.7. The molecule has 0 radical (unpaired) electrons. The molecule has 0 saturated carbocycles. The van der Waals surface area contributed by atoms with Gasteiger partial charge in [-0.25, -0.2) is 18.6 Å². The lowest BCUT2D eigenvalue weighted by Crippen LogP contribution is -2.68. The highest BCUT2D eigenvalue weighted by molar-refractivity contribution is 5.69. The van der Waals surface area contributed by atoms with E-state index in [1.165, 1.54) is 121 Å². The lowest BCUT2D eigenvalue weighted by Gasteiger charge is -2.17. The van der Waals surface area contributed by atoms with Crippen molar-refractivity contribution in [1.29, 1.82) is 0 Å². The van der Waals surface area contributed by atoms with Gasteiger partial charge in [-0.1, -0.05) is 141 Å². The molecule has 1 aromatic rings. The van der Waals surface area contributed by atoms with Crippen LogP contribution in [0, 0.1) is 31.0 Å². The number of unbranched alkanes of at least 4 members (excludes halogenated alkanes) is 22. The van der Waals surface area contributed by atoms with Gasteiger partial charge in [0, 0.05) is 38.8 Å². The second-order valence-corrected chi connectivity index (χ2v) is 16.5. The summed E-state index contributed by atoms with van der Waals surface area (Å²) >= 11 is 0. The van der Waals surface area contributed by atoms with E-state index in [9.17, 15) is 9.59 Å². The number of aromatic nitrogens is 1. The molecule has 0 aromatic carbocycles. The molecule has 10 heteroatoms. The number of allylic oxidation sites excluding steroid dienone is 4. The average molecular weight is 825 g/mol. The molecular weight excluding hydrogens is 742 g/mol. The Bertz CT molecular complexity index is 1100. The lowest BCUT2D eigenvalue weighted by atomic mass is 10.1. The normalized spacial score (nSPS) is 11.8. The summed E-state index contributed by atoms with van der Waals surface area (Å²) in [5.74, 6) is -0.324. The van der Waals surface area contributed by atoms with E-state index >= 15 is 0 Å². The number of aryl methyl sites for hydroxylation is 3. The zero-order chi connectivity index (χ0) is 42.4. The first-order valence-electron chi connectivity index (χ1n) is 22.6. The summed E-state index contributed by atoms with van der Waals surface area (Å²) in [6.45, 7) is 11.2. The number of ether oxygens (including phenoxy) is 2. The van der Waals surface area contributed by atoms with Crippen LogP contribution in [0.4, 0.5) is 0 Å². The minimum Gasteiger partial charge on any atom is -0.458 e. The van der Waals surface area contributed by atoms with E-state index in [1.807, 2.05) is 0 Å². The van der Waals surface area contributed by atoms with Gasteiger partial charge in [0.25, 0.3) is 0 Å². The third-order valence-electron chi connectivity index (χ3n) is 10.2. The van der Waals surface area contributed by atoms with Crippen molar-refractivity contribution in [2.24, 2.45) is 0 Å². The zero-order valence-corrected chi connectivity index (χ0v) is 37.6. The summed E-state index contributed by atoms with van der Waals surface area (Å²) in [6, 6.07) is 4.01. The number of carbonyl (C=O) groups excluding carboxylic acids is 2. The number of nitrogens with zero attached hydrogens (tertiary/aromatic N) is 1. The van der Waals surface area contributed by atoms with Crippen LogP contribution in [0.1, 0.15) is 217 Å². The van der Waals surface area contributed by atoms with Gasteiger partial charge in [-0.15, -0.1) is 10.2 Å². The first-order chi connectivity index (χ1) is 27.4. The molecule has 0 atom stereocenters. The fraction of sp³-hybridized carbons (Fsp3) is 0.766. The molecule has 0 unspecified atom stereocenters. The van der Waals surface area contributed by atoms with Crippen molar-refractivity contribution in [2.75, 3.05) is 13.2 Å². The highest BCUT2D eigenvalue weighted by Gasteiger charge is 2.27. The molecule has 0 saturated heterocycles. The van der Waals surface area contributed by atoms with Crippen molar-refractivity contribution in [3.63, 3.8) is 0 Å². The van der Waals surface area contributed by atoms with Gasteiger partial charge < -0.3 is 9.47 Å². The van der Waals surface area contributed by atoms with Crippen LogP contribution in [0.2, 0.25) is 0 Å². The summed E-state index contributed by atoms with van der Waals surface area (Å²) in [7, 11) is -4.94. The van der Waals surface area contributed by atoms with Gasteiger partial charge in [-0.2, -0.15) is 4.57 Å². The number of halogens is 1. The average Bonchev–Trinajstić information content (AvgIpc) is 3.14. The van der Waals surface area contributed by atoms with Crippen LogP contribution in [-0.4, -0.2) is 25.2 Å². The summed E-state index contributed by atoms with van der Waals surface area (Å²) in [4.78, 5) is 25.4. The van der Waals surface area contributed by atoms with Crippen molar-refractivity contribution in [3.05, 3.63) is 53.4 Å². The minimum atomic E-state index is -4.94. The predicted octanol–water partition coefficient (Wildman–Crippen LogP) is 8.85. The summed E-state index contributed by atoms with van der Waals surface area (Å²) in [6.07, 6.45) is 42.4. The van der Waals surface area contributed by atoms with E-state index in [0.29, 0.717) is 12.8 Å². The molecular formula is C47H82ClNO8. The maximum atomic E-state index is 12.7. The Morgan fingerprint density at radius 1 is 0.526 bits per heavy atom. The number of hydrogen-bond donors (Lipinski definition) is 0. The van der Waals surface area contributed by atoms with Gasteiger partial charge in [0.05, 0.1) is 0 Å². The number of hydrogen-bond acceptors (Lipinski definition) is 8.